The highest BCUT2D eigenvalue weighted by molar-refractivity contribution is 5.92. The zero-order valence-electron chi connectivity index (χ0n) is 11.6. The fourth-order valence-electron chi connectivity index (χ4n) is 1.64. The fraction of sp³-hybridized carbons (Fsp3) is 0.467. The molecule has 0 saturated carbocycles. The molecule has 0 aliphatic carbocycles. The number of nitrogens with two attached hydrogens (primary N) is 1. The topological polar surface area (TPSA) is 59.2 Å². The highest BCUT2D eigenvalue weighted by atomic mass is 16.2. The molecule has 0 radical (unpaired) electrons. The molecule has 0 aliphatic rings. The summed E-state index contributed by atoms with van der Waals surface area (Å²) in [7, 11) is 1.81. The number of amides is 1. The van der Waals surface area contributed by atoms with Crippen LogP contribution in [0.1, 0.15) is 42.2 Å². The highest BCUT2D eigenvalue weighted by Crippen LogP contribution is 2.04. The van der Waals surface area contributed by atoms with Crippen LogP contribution >= 0.6 is 0 Å². The average molecular weight is 259 g/mol. The lowest BCUT2D eigenvalue weighted by Gasteiger charge is -2.16. The summed E-state index contributed by atoms with van der Waals surface area (Å²) in [5, 5.41) is 0. The first-order chi connectivity index (χ1) is 9.19. The number of carbonyl (C=O) groups excluding carboxylic acids is 1. The van der Waals surface area contributed by atoms with E-state index in [-0.39, 0.29) is 5.91 Å². The Kier molecular flexibility index (Phi) is 6.62. The summed E-state index contributed by atoms with van der Waals surface area (Å²) in [5.74, 6) is 5.59. The molecule has 1 amide bonds. The van der Waals surface area contributed by atoms with Crippen molar-refractivity contribution in [3.8, 4) is 11.8 Å². The van der Waals surface area contributed by atoms with E-state index in [1.165, 1.54) is 0 Å². The summed E-state index contributed by atoms with van der Waals surface area (Å²) < 4.78 is 0. The van der Waals surface area contributed by atoms with Gasteiger partial charge < -0.3 is 10.6 Å². The molecule has 0 aromatic carbocycles. The zero-order valence-corrected chi connectivity index (χ0v) is 11.6. The Morgan fingerprint density at radius 1 is 1.42 bits per heavy atom. The first kappa shape index (κ1) is 15.2. The molecule has 19 heavy (non-hydrogen) atoms. The molecule has 1 aromatic heterocycles. The summed E-state index contributed by atoms with van der Waals surface area (Å²) in [4.78, 5) is 17.9. The van der Waals surface area contributed by atoms with E-state index in [0.29, 0.717) is 12.2 Å². The number of hydrogen-bond donors (Lipinski definition) is 1. The van der Waals surface area contributed by atoms with Crippen LogP contribution < -0.4 is 5.73 Å². The van der Waals surface area contributed by atoms with Gasteiger partial charge in [-0.1, -0.05) is 31.6 Å². The molecule has 4 nitrogen and oxygen atoms in total. The van der Waals surface area contributed by atoms with Gasteiger partial charge in [0.15, 0.2) is 0 Å². The predicted octanol–water partition coefficient (Wildman–Crippen LogP) is 1.65. The minimum Gasteiger partial charge on any atom is -0.340 e. The summed E-state index contributed by atoms with van der Waals surface area (Å²) in [6.45, 7) is 3.23. The molecule has 2 N–H and O–H groups in total. The molecule has 0 saturated heterocycles. The molecule has 0 aliphatic heterocycles. The third-order valence-electron chi connectivity index (χ3n) is 2.76. The van der Waals surface area contributed by atoms with Gasteiger partial charge in [0, 0.05) is 25.4 Å². The van der Waals surface area contributed by atoms with Crippen LogP contribution in [0.15, 0.2) is 18.3 Å². The van der Waals surface area contributed by atoms with E-state index in [0.717, 1.165) is 31.4 Å². The van der Waals surface area contributed by atoms with Crippen molar-refractivity contribution in [1.82, 2.24) is 9.88 Å². The Labute approximate surface area is 115 Å². The number of hydrogen-bond acceptors (Lipinski definition) is 3. The first-order valence-corrected chi connectivity index (χ1v) is 6.59. The predicted molar refractivity (Wildman–Crippen MR) is 76.7 cm³/mol. The molecule has 0 bridgehead atoms. The van der Waals surface area contributed by atoms with E-state index in [4.69, 9.17) is 5.73 Å². The Morgan fingerprint density at radius 2 is 2.21 bits per heavy atom. The Morgan fingerprint density at radius 3 is 2.79 bits per heavy atom. The first-order valence-electron chi connectivity index (χ1n) is 6.59. The van der Waals surface area contributed by atoms with Crippen LogP contribution in [0.4, 0.5) is 0 Å². The lowest BCUT2D eigenvalue weighted by atomic mass is 10.2. The minimum atomic E-state index is -0.0468. The number of nitrogens with zero attached hydrogens (tertiary/aromatic N) is 2. The number of rotatable bonds is 5. The quantitative estimate of drug-likeness (QED) is 0.646. The van der Waals surface area contributed by atoms with Crippen molar-refractivity contribution >= 4 is 5.91 Å². The monoisotopic (exact) mass is 259 g/mol. The molecule has 1 rings (SSSR count). The summed E-state index contributed by atoms with van der Waals surface area (Å²) in [6, 6.07) is 3.50. The largest absolute Gasteiger partial charge is 0.340 e. The molecular weight excluding hydrogens is 238 g/mol. The van der Waals surface area contributed by atoms with Crippen molar-refractivity contribution in [2.24, 2.45) is 5.73 Å². The van der Waals surface area contributed by atoms with Crippen molar-refractivity contribution in [2.45, 2.75) is 26.2 Å². The molecular formula is C15H21N3O. The fourth-order valence-corrected chi connectivity index (χ4v) is 1.64. The number of aromatic nitrogens is 1. The molecule has 102 valence electrons. The zero-order chi connectivity index (χ0) is 14.1. The molecule has 0 unspecified atom stereocenters. The van der Waals surface area contributed by atoms with E-state index < -0.39 is 0 Å². The Balaban J connectivity index is 2.61. The minimum absolute atomic E-state index is 0.0468. The lowest BCUT2D eigenvalue weighted by molar-refractivity contribution is 0.0787. The van der Waals surface area contributed by atoms with Gasteiger partial charge in [0.1, 0.15) is 5.69 Å². The van der Waals surface area contributed by atoms with Crippen LogP contribution in [0, 0.1) is 11.8 Å². The maximum atomic E-state index is 12.1. The molecule has 4 heteroatoms. The smallest absolute Gasteiger partial charge is 0.272 e. The van der Waals surface area contributed by atoms with E-state index in [1.54, 1.807) is 23.2 Å². The van der Waals surface area contributed by atoms with E-state index >= 15 is 0 Å². The average Bonchev–Trinajstić information content (AvgIpc) is 2.45. The third-order valence-corrected chi connectivity index (χ3v) is 2.76. The second-order valence-electron chi connectivity index (χ2n) is 4.37. The van der Waals surface area contributed by atoms with E-state index in [1.807, 2.05) is 7.05 Å². The van der Waals surface area contributed by atoms with Crippen LogP contribution in [-0.2, 0) is 0 Å². The maximum Gasteiger partial charge on any atom is 0.272 e. The van der Waals surface area contributed by atoms with E-state index in [9.17, 15) is 4.79 Å². The number of unbranched alkanes of at least 4 members (excludes halogenated alkanes) is 2. The van der Waals surface area contributed by atoms with Gasteiger partial charge in [-0.05, 0) is 18.6 Å². The maximum absolute atomic E-state index is 12.1. The SMILES string of the molecule is CCCCCN(C)C(=O)c1ccc(C#CCN)cn1. The Bertz CT molecular complexity index is 457. The number of carbonyl (C=O) groups is 1. The standard InChI is InChI=1S/C15H21N3O/c1-3-4-5-11-18(2)15(19)14-9-8-13(12-17-14)7-6-10-16/h8-9,12H,3-5,10-11,16H2,1-2H3. The van der Waals surface area contributed by atoms with Crippen LogP contribution in [0.25, 0.3) is 0 Å². The highest BCUT2D eigenvalue weighted by Gasteiger charge is 2.12. The molecule has 0 spiro atoms. The summed E-state index contributed by atoms with van der Waals surface area (Å²) in [5.41, 5.74) is 6.53. The van der Waals surface area contributed by atoms with Gasteiger partial charge in [0.25, 0.3) is 5.91 Å². The van der Waals surface area contributed by atoms with Crippen LogP contribution in [0.3, 0.4) is 0 Å². The second-order valence-corrected chi connectivity index (χ2v) is 4.37. The van der Waals surface area contributed by atoms with Crippen LogP contribution in [0.5, 0.6) is 0 Å². The van der Waals surface area contributed by atoms with Crippen molar-refractivity contribution in [3.63, 3.8) is 0 Å². The van der Waals surface area contributed by atoms with E-state index in [2.05, 4.69) is 23.7 Å². The van der Waals surface area contributed by atoms with Gasteiger partial charge in [-0.3, -0.25) is 4.79 Å². The van der Waals surface area contributed by atoms with Gasteiger partial charge in [-0.25, -0.2) is 4.98 Å². The Hall–Kier alpha value is -1.86. The molecule has 0 fully saturated rings. The summed E-state index contributed by atoms with van der Waals surface area (Å²) >= 11 is 0. The third kappa shape index (κ3) is 5.11. The number of pyridine rings is 1. The van der Waals surface area contributed by atoms with Gasteiger partial charge in [0.05, 0.1) is 6.54 Å². The van der Waals surface area contributed by atoms with Crippen molar-refractivity contribution in [2.75, 3.05) is 20.1 Å². The van der Waals surface area contributed by atoms with Crippen LogP contribution in [0.2, 0.25) is 0 Å². The lowest BCUT2D eigenvalue weighted by Crippen LogP contribution is -2.28. The van der Waals surface area contributed by atoms with Gasteiger partial charge >= 0.3 is 0 Å². The second kappa shape index (κ2) is 8.28. The van der Waals surface area contributed by atoms with Crippen molar-refractivity contribution in [3.05, 3.63) is 29.6 Å². The van der Waals surface area contributed by atoms with Gasteiger partial charge in [-0.2, -0.15) is 0 Å². The molecule has 0 atom stereocenters. The molecule has 1 aromatic rings. The van der Waals surface area contributed by atoms with Gasteiger partial charge in [0.2, 0.25) is 0 Å². The molecule has 1 heterocycles. The van der Waals surface area contributed by atoms with Crippen molar-refractivity contribution in [1.29, 1.82) is 0 Å². The summed E-state index contributed by atoms with van der Waals surface area (Å²) in [6.07, 6.45) is 4.92. The normalized spacial score (nSPS) is 9.63. The van der Waals surface area contributed by atoms with Crippen molar-refractivity contribution < 1.29 is 4.79 Å². The van der Waals surface area contributed by atoms with Crippen LogP contribution in [-0.4, -0.2) is 35.9 Å². The van der Waals surface area contributed by atoms with Gasteiger partial charge in [-0.15, -0.1) is 0 Å².